The molecule has 0 radical (unpaired) electrons. The van der Waals surface area contributed by atoms with E-state index in [9.17, 15) is 0 Å². The normalized spacial score (nSPS) is 26.4. The van der Waals surface area contributed by atoms with Crippen molar-refractivity contribution in [3.05, 3.63) is 0 Å². The number of nitrogens with one attached hydrogen (secondary N) is 1. The van der Waals surface area contributed by atoms with E-state index in [1.807, 2.05) is 4.90 Å². The summed E-state index contributed by atoms with van der Waals surface area (Å²) in [6, 6.07) is 0. The molecule has 76 valence electrons. The van der Waals surface area contributed by atoms with Gasteiger partial charge in [-0.2, -0.15) is 0 Å². The second-order valence-electron chi connectivity index (χ2n) is 4.41. The maximum Gasteiger partial charge on any atom is 0.188 e. The Kier molecular flexibility index (Phi) is 2.81. The minimum absolute atomic E-state index is 0.173. The summed E-state index contributed by atoms with van der Waals surface area (Å²) in [5.41, 5.74) is 5.64. The lowest BCUT2D eigenvalue weighted by atomic mass is 9.83. The number of hydrogen-bond acceptors (Lipinski definition) is 2. The van der Waals surface area contributed by atoms with Crippen LogP contribution in [0, 0.1) is 16.7 Å². The summed E-state index contributed by atoms with van der Waals surface area (Å²) in [5.74, 6) is 0.646. The van der Waals surface area contributed by atoms with Crippen molar-refractivity contribution in [3.8, 4) is 0 Å². The number of guanidine groups is 1. The molecule has 0 bridgehead atoms. The first-order chi connectivity index (χ1) is 5.97. The first kappa shape index (κ1) is 10.3. The average Bonchev–Trinajstić information content (AvgIpc) is 2.28. The summed E-state index contributed by atoms with van der Waals surface area (Å²) in [6.45, 7) is 6.84. The van der Waals surface area contributed by atoms with Gasteiger partial charge in [-0.05, 0) is 5.41 Å². The van der Waals surface area contributed by atoms with Gasteiger partial charge in [-0.1, -0.05) is 13.8 Å². The number of likely N-dealkylation sites (tertiary alicyclic amines) is 1. The maximum atomic E-state index is 7.35. The molecule has 0 aromatic rings. The highest BCUT2D eigenvalue weighted by Crippen LogP contribution is 2.34. The first-order valence-corrected chi connectivity index (χ1v) is 4.55. The van der Waals surface area contributed by atoms with Crippen LogP contribution in [-0.4, -0.2) is 37.7 Å². The zero-order valence-corrected chi connectivity index (χ0v) is 8.63. The van der Waals surface area contributed by atoms with E-state index >= 15 is 0 Å². The fourth-order valence-corrected chi connectivity index (χ4v) is 1.86. The Bertz CT molecular complexity index is 203. The maximum absolute atomic E-state index is 7.35. The van der Waals surface area contributed by atoms with Gasteiger partial charge in [-0.3, -0.25) is 5.41 Å². The Hall–Kier alpha value is -0.770. The number of hydrogen-bond donors (Lipinski definition) is 2. The van der Waals surface area contributed by atoms with Crippen molar-refractivity contribution in [2.75, 3.05) is 26.8 Å². The largest absolute Gasteiger partial charge is 0.384 e. The fourth-order valence-electron chi connectivity index (χ4n) is 1.86. The van der Waals surface area contributed by atoms with Gasteiger partial charge in [0.25, 0.3) is 0 Å². The van der Waals surface area contributed by atoms with Crippen LogP contribution in [0.1, 0.15) is 13.8 Å². The van der Waals surface area contributed by atoms with E-state index in [0.717, 1.165) is 19.7 Å². The Morgan fingerprint density at radius 2 is 2.31 bits per heavy atom. The van der Waals surface area contributed by atoms with Crippen LogP contribution >= 0.6 is 0 Å². The highest BCUT2D eigenvalue weighted by molar-refractivity contribution is 5.75. The topological polar surface area (TPSA) is 62.3 Å². The van der Waals surface area contributed by atoms with E-state index in [1.54, 1.807) is 7.11 Å². The Morgan fingerprint density at radius 3 is 2.69 bits per heavy atom. The van der Waals surface area contributed by atoms with Gasteiger partial charge in [0.15, 0.2) is 5.96 Å². The number of ether oxygens (including phenoxy) is 1. The van der Waals surface area contributed by atoms with Crippen LogP contribution in [0.5, 0.6) is 0 Å². The smallest absolute Gasteiger partial charge is 0.188 e. The highest BCUT2D eigenvalue weighted by Gasteiger charge is 2.39. The van der Waals surface area contributed by atoms with Crippen LogP contribution in [0.3, 0.4) is 0 Å². The van der Waals surface area contributed by atoms with Gasteiger partial charge in [-0.15, -0.1) is 0 Å². The summed E-state index contributed by atoms with van der Waals surface area (Å²) < 4.78 is 5.15. The lowest BCUT2D eigenvalue weighted by Gasteiger charge is -2.24. The lowest BCUT2D eigenvalue weighted by Crippen LogP contribution is -2.35. The Labute approximate surface area is 79.6 Å². The van der Waals surface area contributed by atoms with Crippen molar-refractivity contribution in [1.82, 2.24) is 4.90 Å². The monoisotopic (exact) mass is 185 g/mol. The minimum Gasteiger partial charge on any atom is -0.384 e. The van der Waals surface area contributed by atoms with Crippen LogP contribution in [-0.2, 0) is 4.74 Å². The summed E-state index contributed by atoms with van der Waals surface area (Å²) in [4.78, 5) is 1.91. The Balaban J connectivity index is 2.62. The van der Waals surface area contributed by atoms with E-state index in [-0.39, 0.29) is 11.4 Å². The summed E-state index contributed by atoms with van der Waals surface area (Å²) in [6.07, 6.45) is 0. The molecule has 0 aliphatic carbocycles. The van der Waals surface area contributed by atoms with Crippen molar-refractivity contribution >= 4 is 5.96 Å². The first-order valence-electron chi connectivity index (χ1n) is 4.55. The zero-order valence-electron chi connectivity index (χ0n) is 8.63. The molecule has 1 rings (SSSR count). The van der Waals surface area contributed by atoms with E-state index in [0.29, 0.717) is 5.92 Å². The third-order valence-corrected chi connectivity index (χ3v) is 2.85. The molecule has 13 heavy (non-hydrogen) atoms. The molecule has 0 aromatic carbocycles. The molecule has 0 unspecified atom stereocenters. The molecule has 1 saturated heterocycles. The SMILES string of the molecule is COC[C@@H]1CN(C(=N)N)CC1(C)C. The molecule has 0 amide bonds. The van der Waals surface area contributed by atoms with Crippen LogP contribution < -0.4 is 5.73 Å². The molecule has 0 spiro atoms. The van der Waals surface area contributed by atoms with Gasteiger partial charge < -0.3 is 15.4 Å². The highest BCUT2D eigenvalue weighted by atomic mass is 16.5. The molecule has 0 saturated carbocycles. The lowest BCUT2D eigenvalue weighted by molar-refractivity contribution is 0.112. The van der Waals surface area contributed by atoms with Crippen molar-refractivity contribution in [3.63, 3.8) is 0 Å². The molecule has 1 aliphatic heterocycles. The predicted octanol–water partition coefficient (Wildman–Crippen LogP) is 0.484. The minimum atomic E-state index is 0.173. The number of nitrogens with two attached hydrogens (primary N) is 1. The molecule has 1 heterocycles. The van der Waals surface area contributed by atoms with Crippen LogP contribution in [0.15, 0.2) is 0 Å². The predicted molar refractivity (Wildman–Crippen MR) is 52.6 cm³/mol. The molecule has 0 aromatic heterocycles. The molecular formula is C9H19N3O. The third kappa shape index (κ3) is 2.12. The molecular weight excluding hydrogens is 166 g/mol. The van der Waals surface area contributed by atoms with Gasteiger partial charge in [-0.25, -0.2) is 0 Å². The molecule has 4 heteroatoms. The van der Waals surface area contributed by atoms with E-state index in [2.05, 4.69) is 13.8 Å². The van der Waals surface area contributed by atoms with E-state index < -0.39 is 0 Å². The molecule has 1 fully saturated rings. The van der Waals surface area contributed by atoms with Crippen molar-refractivity contribution in [2.24, 2.45) is 17.1 Å². The third-order valence-electron chi connectivity index (χ3n) is 2.85. The number of rotatable bonds is 2. The number of methoxy groups -OCH3 is 1. The molecule has 4 nitrogen and oxygen atoms in total. The average molecular weight is 185 g/mol. The summed E-state index contributed by atoms with van der Waals surface area (Å²) in [5, 5.41) is 7.35. The van der Waals surface area contributed by atoms with Crippen LogP contribution in [0.25, 0.3) is 0 Å². The quantitative estimate of drug-likeness (QED) is 0.486. The zero-order chi connectivity index (χ0) is 10.1. The number of nitrogens with zero attached hydrogens (tertiary/aromatic N) is 1. The van der Waals surface area contributed by atoms with Gasteiger partial charge in [0.05, 0.1) is 6.61 Å². The van der Waals surface area contributed by atoms with E-state index in [4.69, 9.17) is 15.9 Å². The second-order valence-corrected chi connectivity index (χ2v) is 4.41. The molecule has 1 atom stereocenters. The van der Waals surface area contributed by atoms with Crippen molar-refractivity contribution in [1.29, 1.82) is 5.41 Å². The van der Waals surface area contributed by atoms with Crippen LogP contribution in [0.4, 0.5) is 0 Å². The second kappa shape index (κ2) is 3.54. The van der Waals surface area contributed by atoms with Crippen molar-refractivity contribution in [2.45, 2.75) is 13.8 Å². The summed E-state index contributed by atoms with van der Waals surface area (Å²) in [7, 11) is 1.71. The standard InChI is InChI=1S/C9H19N3O/c1-9(2)6-12(8(10)11)4-7(9)5-13-3/h7H,4-6H2,1-3H3,(H3,10,11)/t7-/m0/s1. The Morgan fingerprint density at radius 1 is 1.69 bits per heavy atom. The van der Waals surface area contributed by atoms with Gasteiger partial charge in [0, 0.05) is 26.1 Å². The van der Waals surface area contributed by atoms with Gasteiger partial charge in [0.2, 0.25) is 0 Å². The molecule has 3 N–H and O–H groups in total. The van der Waals surface area contributed by atoms with Crippen molar-refractivity contribution < 1.29 is 4.74 Å². The van der Waals surface area contributed by atoms with Crippen LogP contribution in [0.2, 0.25) is 0 Å². The molecule has 1 aliphatic rings. The fraction of sp³-hybridized carbons (Fsp3) is 0.889. The van der Waals surface area contributed by atoms with Gasteiger partial charge >= 0.3 is 0 Å². The summed E-state index contributed by atoms with van der Waals surface area (Å²) >= 11 is 0. The van der Waals surface area contributed by atoms with Gasteiger partial charge in [0.1, 0.15) is 0 Å². The van der Waals surface area contributed by atoms with E-state index in [1.165, 1.54) is 0 Å².